The number of carbonyl (C=O) groups excluding carboxylic acids is 1. The van der Waals surface area contributed by atoms with Crippen LogP contribution in [0, 0.1) is 6.92 Å². The molecule has 132 valence electrons. The molecule has 0 aromatic heterocycles. The maximum Gasteiger partial charge on any atom is 0.305 e. The number of rotatable bonds is 6. The van der Waals surface area contributed by atoms with Gasteiger partial charge in [-0.25, -0.2) is 0 Å². The number of aryl methyl sites for hydroxylation is 1. The largest absolute Gasteiger partial charge is 0.469 e. The van der Waals surface area contributed by atoms with Crippen LogP contribution in [0.25, 0.3) is 0 Å². The fraction of sp³-hybridized carbons (Fsp3) is 0.556. The highest BCUT2D eigenvalue weighted by molar-refractivity contribution is 7.80. The van der Waals surface area contributed by atoms with Crippen LogP contribution in [0.3, 0.4) is 0 Å². The quantitative estimate of drug-likeness (QED) is 0.445. The van der Waals surface area contributed by atoms with Gasteiger partial charge >= 0.3 is 5.97 Å². The first-order valence-corrected chi connectivity index (χ1v) is 8.98. The van der Waals surface area contributed by atoms with Crippen LogP contribution in [0.2, 0.25) is 0 Å². The summed E-state index contributed by atoms with van der Waals surface area (Å²) in [5, 5.41) is 4.04. The van der Waals surface area contributed by atoms with Gasteiger partial charge in [0.2, 0.25) is 0 Å². The van der Waals surface area contributed by atoms with Crippen molar-refractivity contribution in [1.29, 1.82) is 0 Å². The van der Waals surface area contributed by atoms with Crippen molar-refractivity contribution in [3.05, 3.63) is 35.4 Å². The first kappa shape index (κ1) is 18.7. The van der Waals surface area contributed by atoms with E-state index in [1.807, 2.05) is 0 Å². The van der Waals surface area contributed by atoms with Gasteiger partial charge in [0.15, 0.2) is 5.11 Å². The van der Waals surface area contributed by atoms with E-state index < -0.39 is 0 Å². The van der Waals surface area contributed by atoms with Crippen LogP contribution < -0.4 is 10.2 Å². The number of thiocarbonyl (C=S) groups is 1. The Hall–Kier alpha value is -1.66. The Labute approximate surface area is 150 Å². The number of ether oxygens (including phenoxy) is 1. The van der Waals surface area contributed by atoms with Crippen molar-refractivity contribution >= 4 is 23.3 Å². The number of nitrogens with zero attached hydrogens (tertiary/aromatic N) is 1. The normalized spacial score (nSPS) is 15.2. The van der Waals surface area contributed by atoms with E-state index in [0.717, 1.165) is 44.3 Å². The second kappa shape index (κ2) is 9.59. The lowest BCUT2D eigenvalue weighted by Crippen LogP contribution is -3.13. The number of quaternary nitrogens is 1. The van der Waals surface area contributed by atoms with Crippen molar-refractivity contribution in [3.8, 4) is 0 Å². The maximum atomic E-state index is 11.1. The van der Waals surface area contributed by atoms with Crippen molar-refractivity contribution in [1.82, 2.24) is 10.2 Å². The summed E-state index contributed by atoms with van der Waals surface area (Å²) < 4.78 is 4.63. The van der Waals surface area contributed by atoms with E-state index in [1.54, 1.807) is 4.90 Å². The monoisotopic (exact) mass is 350 g/mol. The van der Waals surface area contributed by atoms with Gasteiger partial charge in [0.1, 0.15) is 6.54 Å². The van der Waals surface area contributed by atoms with Gasteiger partial charge in [0.05, 0.1) is 33.3 Å². The Bertz CT molecular complexity index is 557. The maximum absolute atomic E-state index is 11.1. The molecule has 0 bridgehead atoms. The third kappa shape index (κ3) is 6.09. The van der Waals surface area contributed by atoms with E-state index in [4.69, 9.17) is 12.2 Å². The summed E-state index contributed by atoms with van der Waals surface area (Å²) in [6.07, 6.45) is 1.17. The minimum atomic E-state index is -0.170. The SMILES string of the molecule is COC(=O)CCCNC(=S)N1CC[NH+](Cc2cccc(C)c2)CC1. The lowest BCUT2D eigenvalue weighted by Gasteiger charge is -2.34. The average molecular weight is 351 g/mol. The fourth-order valence-electron chi connectivity index (χ4n) is 2.96. The van der Waals surface area contributed by atoms with Gasteiger partial charge in [-0.15, -0.1) is 0 Å². The third-order valence-electron chi connectivity index (χ3n) is 4.36. The molecule has 0 radical (unpaired) electrons. The molecule has 0 unspecified atom stereocenters. The Morgan fingerprint density at radius 1 is 1.38 bits per heavy atom. The van der Waals surface area contributed by atoms with Gasteiger partial charge in [-0.2, -0.15) is 0 Å². The zero-order chi connectivity index (χ0) is 17.4. The summed E-state index contributed by atoms with van der Waals surface area (Å²) in [5.41, 5.74) is 2.73. The standard InChI is InChI=1S/C18H27N3O2S/c1-15-5-3-6-16(13-15)14-20-9-11-21(12-10-20)18(24)19-8-4-7-17(22)23-2/h3,5-6,13H,4,7-12,14H2,1-2H3,(H,19,24)/p+1. The number of hydrogen-bond donors (Lipinski definition) is 2. The van der Waals surface area contributed by atoms with E-state index in [2.05, 4.69) is 46.1 Å². The highest BCUT2D eigenvalue weighted by Gasteiger charge is 2.21. The molecule has 1 saturated heterocycles. The molecule has 1 fully saturated rings. The number of hydrogen-bond acceptors (Lipinski definition) is 3. The second-order valence-electron chi connectivity index (χ2n) is 6.31. The number of esters is 1. The van der Waals surface area contributed by atoms with Gasteiger partial charge in [0.25, 0.3) is 0 Å². The first-order valence-electron chi connectivity index (χ1n) is 8.57. The predicted molar refractivity (Wildman–Crippen MR) is 99.0 cm³/mol. The number of piperazine rings is 1. The van der Waals surface area contributed by atoms with Gasteiger partial charge in [0, 0.05) is 18.5 Å². The molecule has 5 nitrogen and oxygen atoms in total. The van der Waals surface area contributed by atoms with E-state index in [0.29, 0.717) is 13.0 Å². The summed E-state index contributed by atoms with van der Waals surface area (Å²) in [5.74, 6) is -0.170. The van der Waals surface area contributed by atoms with Crippen LogP contribution in [-0.4, -0.2) is 55.8 Å². The second-order valence-corrected chi connectivity index (χ2v) is 6.70. The molecule has 1 heterocycles. The lowest BCUT2D eigenvalue weighted by atomic mass is 10.1. The number of carbonyl (C=O) groups is 1. The van der Waals surface area contributed by atoms with Crippen LogP contribution in [0.1, 0.15) is 24.0 Å². The summed E-state index contributed by atoms with van der Waals surface area (Å²) in [7, 11) is 1.42. The Balaban J connectivity index is 1.66. The minimum absolute atomic E-state index is 0.170. The van der Waals surface area contributed by atoms with Gasteiger partial charge in [-0.3, -0.25) is 4.79 Å². The topological polar surface area (TPSA) is 46.0 Å². The van der Waals surface area contributed by atoms with E-state index in [9.17, 15) is 4.79 Å². The minimum Gasteiger partial charge on any atom is -0.469 e. The zero-order valence-electron chi connectivity index (χ0n) is 14.6. The Kier molecular flexibility index (Phi) is 7.46. The van der Waals surface area contributed by atoms with Crippen LogP contribution in [0.4, 0.5) is 0 Å². The Morgan fingerprint density at radius 2 is 2.12 bits per heavy atom. The smallest absolute Gasteiger partial charge is 0.305 e. The van der Waals surface area contributed by atoms with E-state index in [-0.39, 0.29) is 5.97 Å². The number of methoxy groups -OCH3 is 1. The first-order chi connectivity index (χ1) is 11.6. The fourth-order valence-corrected chi connectivity index (χ4v) is 3.24. The van der Waals surface area contributed by atoms with E-state index in [1.165, 1.54) is 18.2 Å². The van der Waals surface area contributed by atoms with Gasteiger partial charge < -0.3 is 19.9 Å². The van der Waals surface area contributed by atoms with Crippen molar-refractivity contribution < 1.29 is 14.4 Å². The molecule has 6 heteroatoms. The molecule has 0 amide bonds. The molecule has 1 aromatic rings. The molecule has 0 atom stereocenters. The molecule has 2 rings (SSSR count). The average Bonchev–Trinajstić information content (AvgIpc) is 2.59. The van der Waals surface area contributed by atoms with Crippen molar-refractivity contribution in [2.45, 2.75) is 26.3 Å². The molecule has 1 aliphatic heterocycles. The van der Waals surface area contributed by atoms with Gasteiger partial charge in [-0.05, 0) is 25.6 Å². The van der Waals surface area contributed by atoms with Crippen molar-refractivity contribution in [2.75, 3.05) is 39.8 Å². The van der Waals surface area contributed by atoms with Crippen LogP contribution >= 0.6 is 12.2 Å². The zero-order valence-corrected chi connectivity index (χ0v) is 15.5. The van der Waals surface area contributed by atoms with Gasteiger partial charge in [-0.1, -0.05) is 29.8 Å². The van der Waals surface area contributed by atoms with Crippen LogP contribution in [0.15, 0.2) is 24.3 Å². The molecule has 1 aliphatic rings. The molecule has 0 spiro atoms. The highest BCUT2D eigenvalue weighted by Crippen LogP contribution is 2.02. The predicted octanol–water partition coefficient (Wildman–Crippen LogP) is 0.523. The molecule has 2 N–H and O–H groups in total. The molecule has 1 aromatic carbocycles. The summed E-state index contributed by atoms with van der Waals surface area (Å²) in [6, 6.07) is 8.75. The molecular formula is C18H28N3O2S+. The molecular weight excluding hydrogens is 322 g/mol. The number of benzene rings is 1. The summed E-state index contributed by atoms with van der Waals surface area (Å²) >= 11 is 5.46. The Morgan fingerprint density at radius 3 is 2.79 bits per heavy atom. The molecule has 0 aliphatic carbocycles. The summed E-state index contributed by atoms with van der Waals surface area (Å²) in [4.78, 5) is 14.9. The van der Waals surface area contributed by atoms with Crippen LogP contribution in [0.5, 0.6) is 0 Å². The molecule has 0 saturated carbocycles. The summed E-state index contributed by atoms with van der Waals surface area (Å²) in [6.45, 7) is 8.07. The van der Waals surface area contributed by atoms with Crippen molar-refractivity contribution in [2.24, 2.45) is 0 Å². The van der Waals surface area contributed by atoms with Crippen molar-refractivity contribution in [3.63, 3.8) is 0 Å². The highest BCUT2D eigenvalue weighted by atomic mass is 32.1. The lowest BCUT2D eigenvalue weighted by molar-refractivity contribution is -0.917. The third-order valence-corrected chi connectivity index (χ3v) is 4.76. The molecule has 24 heavy (non-hydrogen) atoms. The van der Waals surface area contributed by atoms with Crippen LogP contribution in [-0.2, 0) is 16.1 Å². The van der Waals surface area contributed by atoms with E-state index >= 15 is 0 Å². The number of nitrogens with one attached hydrogen (secondary N) is 2.